The zero-order valence-electron chi connectivity index (χ0n) is 18.2. The molecule has 1 aromatic heterocycles. The molecule has 1 aromatic carbocycles. The number of nitrogens with zero attached hydrogens (tertiary/aromatic N) is 2. The summed E-state index contributed by atoms with van der Waals surface area (Å²) in [5.41, 5.74) is 1.14. The van der Waals surface area contributed by atoms with Crippen molar-refractivity contribution in [3.05, 3.63) is 66.4 Å². The van der Waals surface area contributed by atoms with Crippen LogP contribution in [0.25, 0.3) is 0 Å². The number of allylic oxidation sites excluding steroid dienone is 1. The lowest BCUT2D eigenvalue weighted by atomic mass is 9.73. The summed E-state index contributed by atoms with van der Waals surface area (Å²) in [5, 5.41) is 0. The summed E-state index contributed by atoms with van der Waals surface area (Å²) in [6.07, 6.45) is 6.64. The highest BCUT2D eigenvalue weighted by molar-refractivity contribution is 5.96. The van der Waals surface area contributed by atoms with E-state index in [1.54, 1.807) is 12.3 Å². The standard InChI is InChI=1S/C25H28N2O5/c1-2-29-21-7-3-4-8-22(21)32-23-15-30-25-18(24(23)28)9-10-20-19(25)14-27(16-31-20)13-17-6-5-11-26-12-17/h3-8,11-12,15,18-20,25H,2,9-10,13-14,16H2,1H3. The zero-order valence-corrected chi connectivity index (χ0v) is 18.2. The van der Waals surface area contributed by atoms with Crippen molar-refractivity contribution in [2.75, 3.05) is 19.9 Å². The first-order chi connectivity index (χ1) is 15.7. The summed E-state index contributed by atoms with van der Waals surface area (Å²) in [6, 6.07) is 11.4. The van der Waals surface area contributed by atoms with E-state index in [1.807, 2.05) is 37.4 Å². The van der Waals surface area contributed by atoms with Crippen LogP contribution in [-0.4, -0.2) is 47.8 Å². The second kappa shape index (κ2) is 9.30. The number of para-hydroxylation sites is 2. The van der Waals surface area contributed by atoms with Gasteiger partial charge in [-0.3, -0.25) is 14.7 Å². The fraction of sp³-hybridized carbons (Fsp3) is 0.440. The molecule has 1 saturated heterocycles. The average molecular weight is 437 g/mol. The van der Waals surface area contributed by atoms with E-state index in [0.717, 1.165) is 31.5 Å². The van der Waals surface area contributed by atoms with Gasteiger partial charge in [-0.15, -0.1) is 0 Å². The molecule has 3 aliphatic rings. The average Bonchev–Trinajstić information content (AvgIpc) is 2.83. The van der Waals surface area contributed by atoms with Gasteiger partial charge in [-0.25, -0.2) is 0 Å². The largest absolute Gasteiger partial charge is 0.493 e. The first-order valence-corrected chi connectivity index (χ1v) is 11.3. The second-order valence-corrected chi connectivity index (χ2v) is 8.48. The van der Waals surface area contributed by atoms with Gasteiger partial charge in [0.2, 0.25) is 11.5 Å². The number of ketones is 1. The molecule has 0 N–H and O–H groups in total. The maximum Gasteiger partial charge on any atom is 0.208 e. The van der Waals surface area contributed by atoms with E-state index >= 15 is 0 Å². The van der Waals surface area contributed by atoms with Gasteiger partial charge in [0.25, 0.3) is 0 Å². The van der Waals surface area contributed by atoms with Gasteiger partial charge in [0.1, 0.15) is 12.4 Å². The normalized spacial score (nSPS) is 27.5. The molecule has 0 radical (unpaired) electrons. The Morgan fingerprint density at radius 2 is 2.03 bits per heavy atom. The van der Waals surface area contributed by atoms with Crippen molar-refractivity contribution in [1.82, 2.24) is 9.88 Å². The zero-order chi connectivity index (χ0) is 21.9. The molecule has 7 nitrogen and oxygen atoms in total. The lowest BCUT2D eigenvalue weighted by Crippen LogP contribution is -2.56. The summed E-state index contributed by atoms with van der Waals surface area (Å²) in [6.45, 7) is 4.61. The number of Topliss-reactive ketones (excluding diaryl/α,β-unsaturated/α-hetero) is 1. The predicted molar refractivity (Wildman–Crippen MR) is 117 cm³/mol. The molecule has 3 heterocycles. The van der Waals surface area contributed by atoms with E-state index in [-0.39, 0.29) is 35.6 Å². The molecule has 0 spiro atoms. The maximum absolute atomic E-state index is 13.3. The quantitative estimate of drug-likeness (QED) is 0.686. The van der Waals surface area contributed by atoms with Gasteiger partial charge >= 0.3 is 0 Å². The van der Waals surface area contributed by atoms with Crippen LogP contribution in [0.4, 0.5) is 0 Å². The van der Waals surface area contributed by atoms with Crippen molar-refractivity contribution in [1.29, 1.82) is 0 Å². The monoisotopic (exact) mass is 436 g/mol. The minimum Gasteiger partial charge on any atom is -0.493 e. The third-order valence-electron chi connectivity index (χ3n) is 6.41. The summed E-state index contributed by atoms with van der Waals surface area (Å²) in [7, 11) is 0. The molecule has 4 unspecified atom stereocenters. The van der Waals surface area contributed by atoms with Gasteiger partial charge in [0, 0.05) is 31.4 Å². The molecule has 5 rings (SSSR count). The number of ether oxygens (including phenoxy) is 4. The Morgan fingerprint density at radius 3 is 2.84 bits per heavy atom. The van der Waals surface area contributed by atoms with Gasteiger partial charge in [-0.2, -0.15) is 0 Å². The Labute approximate surface area is 187 Å². The number of fused-ring (bicyclic) bond motifs is 3. The van der Waals surface area contributed by atoms with Gasteiger partial charge in [-0.05, 0) is 43.5 Å². The van der Waals surface area contributed by atoms with Crippen molar-refractivity contribution in [3.63, 3.8) is 0 Å². The molecule has 2 fully saturated rings. The SMILES string of the molecule is CCOc1ccccc1OC1=COC2C(CCC3OCN(Cc4cccnc4)CC32)C1=O. The van der Waals surface area contributed by atoms with Crippen molar-refractivity contribution in [3.8, 4) is 11.5 Å². The molecule has 4 atom stereocenters. The first-order valence-electron chi connectivity index (χ1n) is 11.3. The van der Waals surface area contributed by atoms with Gasteiger partial charge in [0.15, 0.2) is 11.5 Å². The minimum absolute atomic E-state index is 0.00427. The van der Waals surface area contributed by atoms with Crippen LogP contribution in [0.15, 0.2) is 60.8 Å². The molecular weight excluding hydrogens is 408 g/mol. The Balaban J connectivity index is 1.30. The van der Waals surface area contributed by atoms with Crippen LogP contribution < -0.4 is 9.47 Å². The summed E-state index contributed by atoms with van der Waals surface area (Å²) in [4.78, 5) is 19.8. The van der Waals surface area contributed by atoms with Crippen molar-refractivity contribution < 1.29 is 23.7 Å². The van der Waals surface area contributed by atoms with E-state index in [2.05, 4.69) is 16.0 Å². The van der Waals surface area contributed by atoms with Crippen molar-refractivity contribution in [2.24, 2.45) is 11.8 Å². The summed E-state index contributed by atoms with van der Waals surface area (Å²) >= 11 is 0. The second-order valence-electron chi connectivity index (χ2n) is 8.48. The highest BCUT2D eigenvalue weighted by Gasteiger charge is 2.49. The fourth-order valence-electron chi connectivity index (χ4n) is 4.93. The number of hydrogen-bond acceptors (Lipinski definition) is 7. The van der Waals surface area contributed by atoms with E-state index in [4.69, 9.17) is 18.9 Å². The molecule has 0 bridgehead atoms. The Morgan fingerprint density at radius 1 is 1.16 bits per heavy atom. The van der Waals surface area contributed by atoms with E-state index in [1.165, 1.54) is 6.26 Å². The highest BCUT2D eigenvalue weighted by atomic mass is 16.5. The molecule has 0 amide bonds. The van der Waals surface area contributed by atoms with Crippen LogP contribution in [0.3, 0.4) is 0 Å². The van der Waals surface area contributed by atoms with Crippen LogP contribution in [0.5, 0.6) is 11.5 Å². The lowest BCUT2D eigenvalue weighted by molar-refractivity contribution is -0.175. The number of carbonyl (C=O) groups is 1. The fourth-order valence-corrected chi connectivity index (χ4v) is 4.93. The molecule has 7 heteroatoms. The van der Waals surface area contributed by atoms with Crippen LogP contribution in [0, 0.1) is 11.8 Å². The predicted octanol–water partition coefficient (Wildman–Crippen LogP) is 3.55. The molecule has 32 heavy (non-hydrogen) atoms. The Kier molecular flexibility index (Phi) is 6.10. The van der Waals surface area contributed by atoms with Crippen molar-refractivity contribution >= 4 is 5.78 Å². The van der Waals surface area contributed by atoms with Gasteiger partial charge < -0.3 is 18.9 Å². The van der Waals surface area contributed by atoms with Crippen LogP contribution in [0.2, 0.25) is 0 Å². The molecule has 2 aromatic rings. The Hall–Kier alpha value is -2.90. The third kappa shape index (κ3) is 4.23. The van der Waals surface area contributed by atoms with Gasteiger partial charge in [0.05, 0.1) is 25.4 Å². The van der Waals surface area contributed by atoms with Crippen molar-refractivity contribution in [2.45, 2.75) is 38.5 Å². The maximum atomic E-state index is 13.3. The number of pyridine rings is 1. The van der Waals surface area contributed by atoms with E-state index in [9.17, 15) is 4.79 Å². The van der Waals surface area contributed by atoms with Crippen LogP contribution in [0.1, 0.15) is 25.3 Å². The number of carbonyl (C=O) groups excluding carboxylic acids is 1. The number of aromatic nitrogens is 1. The van der Waals surface area contributed by atoms with Gasteiger partial charge in [-0.1, -0.05) is 18.2 Å². The number of hydrogen-bond donors (Lipinski definition) is 0. The Bertz CT molecular complexity index is 979. The van der Waals surface area contributed by atoms with E-state index < -0.39 is 0 Å². The topological polar surface area (TPSA) is 70.1 Å². The smallest absolute Gasteiger partial charge is 0.208 e. The highest BCUT2D eigenvalue weighted by Crippen LogP contribution is 2.41. The van der Waals surface area contributed by atoms with Crippen LogP contribution >= 0.6 is 0 Å². The number of benzene rings is 1. The summed E-state index contributed by atoms with van der Waals surface area (Å²) < 4.78 is 23.9. The molecule has 168 valence electrons. The molecular formula is C25H28N2O5. The van der Waals surface area contributed by atoms with Crippen LogP contribution in [-0.2, 0) is 20.8 Å². The molecule has 1 saturated carbocycles. The first kappa shape index (κ1) is 21.0. The van der Waals surface area contributed by atoms with E-state index in [0.29, 0.717) is 24.8 Å². The number of rotatable bonds is 6. The lowest BCUT2D eigenvalue weighted by Gasteiger charge is -2.48. The molecule has 2 aliphatic heterocycles. The third-order valence-corrected chi connectivity index (χ3v) is 6.41. The minimum atomic E-state index is -0.225. The summed E-state index contributed by atoms with van der Waals surface area (Å²) in [5.74, 6) is 1.28. The molecule has 1 aliphatic carbocycles.